The Bertz CT molecular complexity index is 802. The number of esters is 3. The molecule has 3 saturated carbocycles. The van der Waals surface area contributed by atoms with E-state index in [1.165, 1.54) is 19.4 Å². The lowest BCUT2D eigenvalue weighted by atomic mass is 9.47. The van der Waals surface area contributed by atoms with E-state index in [0.717, 1.165) is 51.4 Å². The third kappa shape index (κ3) is 3.88. The minimum absolute atomic E-state index is 0.0112. The van der Waals surface area contributed by atoms with Crippen molar-refractivity contribution >= 4 is 17.9 Å². The zero-order chi connectivity index (χ0) is 23.1. The first-order valence-corrected chi connectivity index (χ1v) is 12.4. The summed E-state index contributed by atoms with van der Waals surface area (Å²) in [7, 11) is 0. The molecule has 0 spiro atoms. The van der Waals surface area contributed by atoms with Crippen LogP contribution in [0.15, 0.2) is 11.6 Å². The van der Waals surface area contributed by atoms with Crippen LogP contribution in [-0.4, -0.2) is 37.2 Å². The molecule has 0 aromatic rings. The van der Waals surface area contributed by atoms with Gasteiger partial charge in [-0.15, -0.1) is 0 Å². The summed E-state index contributed by atoms with van der Waals surface area (Å²) in [5.74, 6) is 0.876. The molecule has 0 amide bonds. The second-order valence-electron chi connectivity index (χ2n) is 10.7. The van der Waals surface area contributed by atoms with Crippen LogP contribution in [-0.2, 0) is 28.6 Å². The van der Waals surface area contributed by atoms with Gasteiger partial charge in [0, 0.05) is 25.7 Å². The SMILES string of the molecule is CCOC(=O)[C@@H]1CC[C@@H]2[C@H]3CC=C4C[C@H](OC(C)=O)CC[C@]4(COC(C)=O)[C@@H]3CC[C@]21C. The number of carbonyl (C=O) groups excluding carboxylic acids is 3. The molecule has 0 heterocycles. The van der Waals surface area contributed by atoms with Gasteiger partial charge >= 0.3 is 17.9 Å². The molecule has 0 N–H and O–H groups in total. The molecule has 0 unspecified atom stereocenters. The Morgan fingerprint density at radius 1 is 1.00 bits per heavy atom. The predicted molar refractivity (Wildman–Crippen MR) is 118 cm³/mol. The Morgan fingerprint density at radius 3 is 2.47 bits per heavy atom. The van der Waals surface area contributed by atoms with Gasteiger partial charge in [0.05, 0.1) is 12.5 Å². The molecule has 178 valence electrons. The smallest absolute Gasteiger partial charge is 0.309 e. The van der Waals surface area contributed by atoms with E-state index in [2.05, 4.69) is 13.0 Å². The lowest BCUT2D eigenvalue weighted by molar-refractivity contribution is -0.160. The molecular weight excluding hydrogens is 408 g/mol. The lowest BCUT2D eigenvalue weighted by Crippen LogP contribution is -2.54. The second kappa shape index (κ2) is 8.83. The van der Waals surface area contributed by atoms with Crippen molar-refractivity contribution in [1.29, 1.82) is 0 Å². The molecule has 7 atom stereocenters. The third-order valence-corrected chi connectivity index (χ3v) is 9.22. The minimum atomic E-state index is -0.244. The molecule has 4 aliphatic rings. The number of hydrogen-bond acceptors (Lipinski definition) is 6. The monoisotopic (exact) mass is 446 g/mol. The highest BCUT2D eigenvalue weighted by molar-refractivity contribution is 5.74. The third-order valence-electron chi connectivity index (χ3n) is 9.22. The van der Waals surface area contributed by atoms with Crippen LogP contribution in [0.25, 0.3) is 0 Å². The Kier molecular flexibility index (Phi) is 6.43. The molecule has 4 rings (SSSR count). The summed E-state index contributed by atoms with van der Waals surface area (Å²) >= 11 is 0. The lowest BCUT2D eigenvalue weighted by Gasteiger charge is -2.58. The number of carbonyl (C=O) groups is 3. The number of fused-ring (bicyclic) bond motifs is 5. The van der Waals surface area contributed by atoms with Gasteiger partial charge in [0.15, 0.2) is 0 Å². The molecule has 32 heavy (non-hydrogen) atoms. The number of ether oxygens (including phenoxy) is 3. The van der Waals surface area contributed by atoms with Gasteiger partial charge in [0.1, 0.15) is 12.7 Å². The van der Waals surface area contributed by atoms with Crippen molar-refractivity contribution in [3.05, 3.63) is 11.6 Å². The van der Waals surface area contributed by atoms with Crippen LogP contribution >= 0.6 is 0 Å². The zero-order valence-corrected chi connectivity index (χ0v) is 20.0. The molecule has 0 bridgehead atoms. The summed E-state index contributed by atoms with van der Waals surface area (Å²) in [5.41, 5.74) is 1.12. The van der Waals surface area contributed by atoms with Gasteiger partial charge in [-0.2, -0.15) is 0 Å². The summed E-state index contributed by atoms with van der Waals surface area (Å²) in [4.78, 5) is 36.0. The Balaban J connectivity index is 1.62. The molecule has 0 saturated heterocycles. The number of hydrogen-bond donors (Lipinski definition) is 0. The van der Waals surface area contributed by atoms with Crippen molar-refractivity contribution in [2.24, 2.45) is 34.5 Å². The van der Waals surface area contributed by atoms with E-state index in [0.29, 0.717) is 31.0 Å². The van der Waals surface area contributed by atoms with Gasteiger partial charge in [-0.3, -0.25) is 14.4 Å². The maximum Gasteiger partial charge on any atom is 0.309 e. The quantitative estimate of drug-likeness (QED) is 0.349. The van der Waals surface area contributed by atoms with Gasteiger partial charge in [0.2, 0.25) is 0 Å². The average Bonchev–Trinajstić information content (AvgIpc) is 3.09. The number of rotatable bonds is 5. The minimum Gasteiger partial charge on any atom is -0.466 e. The highest BCUT2D eigenvalue weighted by Crippen LogP contribution is 2.66. The van der Waals surface area contributed by atoms with Crippen molar-refractivity contribution in [3.8, 4) is 0 Å². The van der Waals surface area contributed by atoms with E-state index < -0.39 is 0 Å². The molecule has 0 aromatic carbocycles. The first-order chi connectivity index (χ1) is 15.2. The molecule has 0 aliphatic heterocycles. The van der Waals surface area contributed by atoms with Crippen LogP contribution in [0, 0.1) is 34.5 Å². The van der Waals surface area contributed by atoms with Gasteiger partial charge < -0.3 is 14.2 Å². The maximum absolute atomic E-state index is 12.7. The van der Waals surface area contributed by atoms with Crippen LogP contribution in [0.1, 0.15) is 79.1 Å². The fourth-order valence-electron chi connectivity index (χ4n) is 7.89. The average molecular weight is 447 g/mol. The van der Waals surface area contributed by atoms with Crippen molar-refractivity contribution in [2.45, 2.75) is 85.2 Å². The van der Waals surface area contributed by atoms with Crippen LogP contribution in [0.5, 0.6) is 0 Å². The van der Waals surface area contributed by atoms with E-state index in [1.807, 2.05) is 6.92 Å². The topological polar surface area (TPSA) is 78.9 Å². The van der Waals surface area contributed by atoms with Crippen molar-refractivity contribution in [2.75, 3.05) is 13.2 Å². The standard InChI is InChI=1S/C26H38O6/c1-5-30-24(29)23-9-8-21-20-7-6-18-14-19(32-17(3)28)10-13-26(18,15-31-16(2)27)22(20)11-12-25(21,23)4/h6,19-23H,5,7-15H2,1-4H3/t19-,20-,21-,22-,23+,25-,26-/m1/s1. The summed E-state index contributed by atoms with van der Waals surface area (Å²) in [6, 6.07) is 0. The summed E-state index contributed by atoms with van der Waals surface area (Å²) < 4.78 is 16.7. The van der Waals surface area contributed by atoms with Gasteiger partial charge in [-0.05, 0) is 75.0 Å². The predicted octanol–water partition coefficient (Wildman–Crippen LogP) is 4.60. The molecule has 6 nitrogen and oxygen atoms in total. The maximum atomic E-state index is 12.7. The van der Waals surface area contributed by atoms with E-state index in [9.17, 15) is 14.4 Å². The van der Waals surface area contributed by atoms with Crippen molar-refractivity contribution in [3.63, 3.8) is 0 Å². The Morgan fingerprint density at radius 2 is 1.78 bits per heavy atom. The Labute approximate surface area is 191 Å². The molecule has 0 aromatic heterocycles. The fourth-order valence-corrected chi connectivity index (χ4v) is 7.89. The van der Waals surface area contributed by atoms with E-state index >= 15 is 0 Å². The van der Waals surface area contributed by atoms with E-state index in [-0.39, 0.29) is 40.8 Å². The van der Waals surface area contributed by atoms with E-state index in [1.54, 1.807) is 0 Å². The first-order valence-electron chi connectivity index (χ1n) is 12.4. The van der Waals surface area contributed by atoms with Crippen LogP contribution < -0.4 is 0 Å². The summed E-state index contributed by atoms with van der Waals surface area (Å²) in [5, 5.41) is 0. The zero-order valence-electron chi connectivity index (χ0n) is 20.0. The summed E-state index contributed by atoms with van der Waals surface area (Å²) in [6.07, 6.45) is 9.66. The van der Waals surface area contributed by atoms with Gasteiger partial charge in [-0.25, -0.2) is 0 Å². The molecule has 3 fully saturated rings. The highest BCUT2D eigenvalue weighted by atomic mass is 16.5. The molecular formula is C26H38O6. The highest BCUT2D eigenvalue weighted by Gasteiger charge is 2.61. The normalized spacial score (nSPS) is 40.2. The summed E-state index contributed by atoms with van der Waals surface area (Å²) in [6.45, 7) is 7.97. The Hall–Kier alpha value is -1.85. The molecule has 4 aliphatic carbocycles. The van der Waals surface area contributed by atoms with Crippen molar-refractivity contribution < 1.29 is 28.6 Å². The van der Waals surface area contributed by atoms with Crippen LogP contribution in [0.4, 0.5) is 0 Å². The first kappa shape index (κ1) is 23.3. The van der Waals surface area contributed by atoms with Gasteiger partial charge in [0.25, 0.3) is 0 Å². The van der Waals surface area contributed by atoms with Crippen molar-refractivity contribution in [1.82, 2.24) is 0 Å². The largest absolute Gasteiger partial charge is 0.466 e. The van der Waals surface area contributed by atoms with Crippen LogP contribution in [0.3, 0.4) is 0 Å². The fraction of sp³-hybridized carbons (Fsp3) is 0.808. The number of allylic oxidation sites excluding steroid dienone is 1. The second-order valence-corrected chi connectivity index (χ2v) is 10.7. The van der Waals surface area contributed by atoms with Crippen LogP contribution in [0.2, 0.25) is 0 Å². The van der Waals surface area contributed by atoms with Gasteiger partial charge in [-0.1, -0.05) is 18.6 Å². The molecule has 6 heteroatoms. The van der Waals surface area contributed by atoms with E-state index in [4.69, 9.17) is 14.2 Å². The molecule has 0 radical (unpaired) electrons.